The van der Waals surface area contributed by atoms with Gasteiger partial charge < -0.3 is 26.4 Å². The molecule has 1 aromatic carbocycles. The van der Waals surface area contributed by atoms with Gasteiger partial charge in [-0.1, -0.05) is 6.07 Å². The second kappa shape index (κ2) is 10.2. The molecule has 5 rings (SSSR count). The van der Waals surface area contributed by atoms with Gasteiger partial charge in [-0.2, -0.15) is 5.10 Å². The highest BCUT2D eigenvalue weighted by atomic mass is 35.5. The van der Waals surface area contributed by atoms with Gasteiger partial charge in [-0.05, 0) is 36.1 Å². The molecule has 1 unspecified atom stereocenters. The number of hydrogen-bond donors (Lipinski definition) is 3. The van der Waals surface area contributed by atoms with Gasteiger partial charge in [0.05, 0.1) is 11.8 Å². The van der Waals surface area contributed by atoms with Crippen molar-refractivity contribution in [1.29, 1.82) is 0 Å². The number of hydrogen-bond acceptors (Lipinski definition) is 8. The maximum Gasteiger partial charge on any atom is 0.272 e. The van der Waals surface area contributed by atoms with Crippen LogP contribution in [0.15, 0.2) is 30.6 Å². The van der Waals surface area contributed by atoms with Gasteiger partial charge in [0.1, 0.15) is 29.3 Å². The third kappa shape index (κ3) is 4.59. The Morgan fingerprint density at radius 3 is 2.71 bits per heavy atom. The molecule has 0 aliphatic carbocycles. The summed E-state index contributed by atoms with van der Waals surface area (Å²) in [6, 6.07) is 7.33. The van der Waals surface area contributed by atoms with Gasteiger partial charge in [-0.3, -0.25) is 9.59 Å². The number of nitrogen functional groups attached to an aromatic ring is 1. The molecule has 13 heteroatoms. The largest absolute Gasteiger partial charge is 0.495 e. The summed E-state index contributed by atoms with van der Waals surface area (Å²) in [4.78, 5) is 31.8. The molecule has 0 saturated carbocycles. The Bertz CT molecular complexity index is 1420. The molecule has 35 heavy (non-hydrogen) atoms. The maximum atomic E-state index is 13.5. The molecule has 1 saturated heterocycles. The number of aryl methyl sites for hydroxylation is 1. The van der Waals surface area contributed by atoms with Gasteiger partial charge in [0.2, 0.25) is 5.91 Å². The predicted molar refractivity (Wildman–Crippen MR) is 141 cm³/mol. The van der Waals surface area contributed by atoms with E-state index in [1.54, 1.807) is 29.4 Å². The first-order valence-corrected chi connectivity index (χ1v) is 11.2. The SMILES string of the molecule is COc1cc(C)cc2cc(-c3cc(C(=O)N4CCNC(C(N)=O)C4)n4ncnc(N)c34)sc12.Cl.Cl. The van der Waals surface area contributed by atoms with Crippen LogP contribution in [0, 0.1) is 6.92 Å². The van der Waals surface area contributed by atoms with Crippen molar-refractivity contribution in [2.24, 2.45) is 5.73 Å². The first kappa shape index (κ1) is 26.5. The van der Waals surface area contributed by atoms with Crippen LogP contribution in [0.4, 0.5) is 5.82 Å². The Labute approximate surface area is 217 Å². The second-order valence-electron chi connectivity index (χ2n) is 8.01. The molecule has 1 fully saturated rings. The third-order valence-electron chi connectivity index (χ3n) is 5.82. The highest BCUT2D eigenvalue weighted by Gasteiger charge is 2.30. The van der Waals surface area contributed by atoms with Crippen LogP contribution in [-0.4, -0.2) is 64.1 Å². The lowest BCUT2D eigenvalue weighted by atomic mass is 10.1. The van der Waals surface area contributed by atoms with Gasteiger partial charge in [-0.15, -0.1) is 36.2 Å². The minimum atomic E-state index is -0.591. The number of halogens is 2. The van der Waals surface area contributed by atoms with Crippen LogP contribution >= 0.6 is 36.2 Å². The Hall–Kier alpha value is -3.12. The van der Waals surface area contributed by atoms with Crippen LogP contribution in [0.2, 0.25) is 0 Å². The molecule has 0 bridgehead atoms. The van der Waals surface area contributed by atoms with E-state index in [9.17, 15) is 9.59 Å². The molecule has 1 aliphatic heterocycles. The lowest BCUT2D eigenvalue weighted by Gasteiger charge is -2.31. The molecule has 2 amide bonds. The number of methoxy groups -OCH3 is 1. The van der Waals surface area contributed by atoms with Gasteiger partial charge in [0.25, 0.3) is 5.91 Å². The smallest absolute Gasteiger partial charge is 0.272 e. The van der Waals surface area contributed by atoms with Crippen molar-refractivity contribution >= 4 is 69.4 Å². The van der Waals surface area contributed by atoms with E-state index in [1.807, 2.05) is 13.0 Å². The van der Waals surface area contributed by atoms with E-state index in [0.29, 0.717) is 24.3 Å². The van der Waals surface area contributed by atoms with Crippen molar-refractivity contribution in [3.05, 3.63) is 41.9 Å². The summed E-state index contributed by atoms with van der Waals surface area (Å²) in [7, 11) is 1.65. The van der Waals surface area contributed by atoms with Crippen LogP contribution in [0.25, 0.3) is 26.0 Å². The lowest BCUT2D eigenvalue weighted by Crippen LogP contribution is -2.57. The number of ether oxygens (including phenoxy) is 1. The molecule has 4 heterocycles. The Kier molecular flexibility index (Phi) is 7.75. The highest BCUT2D eigenvalue weighted by molar-refractivity contribution is 7.22. The summed E-state index contributed by atoms with van der Waals surface area (Å²) in [6.07, 6.45) is 1.32. The number of benzene rings is 1. The van der Waals surface area contributed by atoms with E-state index in [1.165, 1.54) is 10.8 Å². The van der Waals surface area contributed by atoms with Crippen LogP contribution in [-0.2, 0) is 4.79 Å². The Morgan fingerprint density at radius 2 is 2.00 bits per heavy atom. The fourth-order valence-corrected chi connectivity index (χ4v) is 5.39. The topological polar surface area (TPSA) is 141 Å². The molecule has 186 valence electrons. The molecule has 1 aliphatic rings. The van der Waals surface area contributed by atoms with Crippen molar-refractivity contribution in [1.82, 2.24) is 24.8 Å². The van der Waals surface area contributed by atoms with Gasteiger partial charge in [0, 0.05) is 30.1 Å². The van der Waals surface area contributed by atoms with Gasteiger partial charge in [0.15, 0.2) is 5.82 Å². The fourth-order valence-electron chi connectivity index (χ4n) is 4.24. The highest BCUT2D eigenvalue weighted by Crippen LogP contribution is 2.42. The van der Waals surface area contributed by atoms with Crippen molar-refractivity contribution in [2.75, 3.05) is 32.5 Å². The normalized spacial score (nSPS) is 15.5. The van der Waals surface area contributed by atoms with Gasteiger partial charge >= 0.3 is 0 Å². The van der Waals surface area contributed by atoms with E-state index in [0.717, 1.165) is 31.8 Å². The molecular formula is C22H25Cl2N7O3S. The monoisotopic (exact) mass is 537 g/mol. The zero-order valence-electron chi connectivity index (χ0n) is 19.0. The summed E-state index contributed by atoms with van der Waals surface area (Å²) < 4.78 is 8.10. The van der Waals surface area contributed by atoms with E-state index in [-0.39, 0.29) is 43.1 Å². The maximum absolute atomic E-state index is 13.5. The van der Waals surface area contributed by atoms with Crippen molar-refractivity contribution in [3.63, 3.8) is 0 Å². The van der Waals surface area contributed by atoms with Crippen molar-refractivity contribution < 1.29 is 14.3 Å². The predicted octanol–water partition coefficient (Wildman–Crippen LogP) is 2.25. The number of piperazine rings is 1. The molecule has 0 spiro atoms. The molecule has 4 aromatic rings. The van der Waals surface area contributed by atoms with E-state index in [4.69, 9.17) is 16.2 Å². The number of fused-ring (bicyclic) bond motifs is 2. The van der Waals surface area contributed by atoms with Crippen molar-refractivity contribution in [2.45, 2.75) is 13.0 Å². The third-order valence-corrected chi connectivity index (χ3v) is 7.02. The standard InChI is InChI=1S/C22H23N7O3S.2ClH/c1-11-5-12-7-17(33-19(12)16(6-11)32-2)13-8-15(29-18(13)20(23)26-10-27-29)22(31)28-4-3-25-14(9-28)21(24)30;;/h5-8,10,14,25H,3-4,9H2,1-2H3,(H2,24,30)(H2,23,26,27);2*1H. The van der Waals surface area contributed by atoms with Crippen LogP contribution in [0.3, 0.4) is 0 Å². The second-order valence-corrected chi connectivity index (χ2v) is 9.06. The molecular weight excluding hydrogens is 513 g/mol. The summed E-state index contributed by atoms with van der Waals surface area (Å²) in [5.74, 6) is 0.324. The first-order chi connectivity index (χ1) is 15.9. The number of anilines is 1. The van der Waals surface area contributed by atoms with Crippen LogP contribution in [0.5, 0.6) is 5.75 Å². The van der Waals surface area contributed by atoms with Crippen LogP contribution < -0.4 is 21.5 Å². The molecule has 1 atom stereocenters. The number of thiophene rings is 1. The average molecular weight is 538 g/mol. The number of primary amides is 1. The number of rotatable bonds is 4. The number of carbonyl (C=O) groups excluding carboxylic acids is 2. The number of carbonyl (C=O) groups is 2. The van der Waals surface area contributed by atoms with E-state index in [2.05, 4.69) is 27.5 Å². The minimum absolute atomic E-state index is 0. The molecule has 3 aromatic heterocycles. The van der Waals surface area contributed by atoms with E-state index < -0.39 is 11.9 Å². The molecule has 5 N–H and O–H groups in total. The number of nitrogens with one attached hydrogen (secondary N) is 1. The van der Waals surface area contributed by atoms with E-state index >= 15 is 0 Å². The minimum Gasteiger partial charge on any atom is -0.495 e. The number of amides is 2. The summed E-state index contributed by atoms with van der Waals surface area (Å²) in [5.41, 5.74) is 14.4. The number of aromatic nitrogens is 3. The molecule has 10 nitrogen and oxygen atoms in total. The summed E-state index contributed by atoms with van der Waals surface area (Å²) >= 11 is 1.55. The van der Waals surface area contributed by atoms with Crippen molar-refractivity contribution in [3.8, 4) is 16.2 Å². The summed E-state index contributed by atoms with van der Waals surface area (Å²) in [6.45, 7) is 3.13. The lowest BCUT2D eigenvalue weighted by molar-refractivity contribution is -0.120. The first-order valence-electron chi connectivity index (χ1n) is 10.4. The zero-order valence-corrected chi connectivity index (χ0v) is 21.4. The quantitative estimate of drug-likeness (QED) is 0.362. The Balaban J connectivity index is 0.00000171. The summed E-state index contributed by atoms with van der Waals surface area (Å²) in [5, 5.41) is 8.38. The Morgan fingerprint density at radius 1 is 1.23 bits per heavy atom. The number of nitrogens with two attached hydrogens (primary N) is 2. The molecule has 0 radical (unpaired) electrons. The van der Waals surface area contributed by atoms with Gasteiger partial charge in [-0.25, -0.2) is 9.50 Å². The fraction of sp³-hybridized carbons (Fsp3) is 0.273. The zero-order chi connectivity index (χ0) is 23.3. The number of nitrogens with zero attached hydrogens (tertiary/aromatic N) is 4. The average Bonchev–Trinajstić information content (AvgIpc) is 3.40. The van der Waals surface area contributed by atoms with Crippen LogP contribution in [0.1, 0.15) is 16.1 Å².